The Kier molecular flexibility index (Phi) is 6.42. The number of ether oxygens (including phenoxy) is 1. The number of carbonyl (C=O) groups is 3. The van der Waals surface area contributed by atoms with E-state index in [-0.39, 0.29) is 12.2 Å². The van der Waals surface area contributed by atoms with Crippen molar-refractivity contribution in [2.45, 2.75) is 24.5 Å². The summed E-state index contributed by atoms with van der Waals surface area (Å²) in [6, 6.07) is 24.0. The van der Waals surface area contributed by atoms with Crippen LogP contribution in [0.5, 0.6) is 5.75 Å². The van der Waals surface area contributed by atoms with E-state index in [9.17, 15) is 18.8 Å². The van der Waals surface area contributed by atoms with E-state index in [0.717, 1.165) is 38.6 Å². The van der Waals surface area contributed by atoms with Gasteiger partial charge in [0, 0.05) is 12.0 Å². The Hall–Kier alpha value is -5.45. The maximum Gasteiger partial charge on any atom is 0.264 e. The summed E-state index contributed by atoms with van der Waals surface area (Å²) in [4.78, 5) is 41.3. The van der Waals surface area contributed by atoms with Gasteiger partial charge in [0.15, 0.2) is 12.1 Å². The molecule has 1 fully saturated rings. The smallest absolute Gasteiger partial charge is 0.264 e. The van der Waals surface area contributed by atoms with E-state index in [2.05, 4.69) is 10.3 Å². The lowest BCUT2D eigenvalue weighted by Gasteiger charge is -2.25. The molecule has 7 rings (SSSR count). The third-order valence-electron chi connectivity index (χ3n) is 7.99. The molecule has 0 unspecified atom stereocenters. The molecule has 11 heteroatoms. The predicted octanol–water partition coefficient (Wildman–Crippen LogP) is 4.66. The highest BCUT2D eigenvalue weighted by atomic mass is 19.1. The van der Waals surface area contributed by atoms with Crippen molar-refractivity contribution in [1.82, 2.24) is 10.0 Å². The monoisotopic (exact) mass is 576 g/mol. The lowest BCUT2D eigenvalue weighted by Crippen LogP contribution is -2.44. The second kappa shape index (κ2) is 10.4. The molecule has 3 aliphatic rings. The Bertz CT molecular complexity index is 1840. The van der Waals surface area contributed by atoms with E-state index >= 15 is 0 Å². The Morgan fingerprint density at radius 1 is 0.953 bits per heavy atom. The zero-order valence-electron chi connectivity index (χ0n) is 23.0. The molecule has 0 radical (unpaired) electrons. The van der Waals surface area contributed by atoms with E-state index < -0.39 is 41.7 Å². The Morgan fingerprint density at radius 2 is 1.72 bits per heavy atom. The van der Waals surface area contributed by atoms with Crippen LogP contribution in [0.2, 0.25) is 0 Å². The fourth-order valence-corrected chi connectivity index (χ4v) is 5.90. The first-order valence-corrected chi connectivity index (χ1v) is 13.8. The first-order chi connectivity index (χ1) is 20.9. The summed E-state index contributed by atoms with van der Waals surface area (Å²) in [5.41, 5.74) is 2.64. The van der Waals surface area contributed by atoms with Crippen LogP contribution in [-0.4, -0.2) is 59.2 Å². The minimum Gasteiger partial charge on any atom is -0.497 e. The molecule has 0 spiro atoms. The number of methoxy groups -OCH3 is 1. The molecule has 3 amide bonds. The second-order valence-corrected chi connectivity index (χ2v) is 10.5. The molecule has 3 aliphatic heterocycles. The van der Waals surface area contributed by atoms with Crippen molar-refractivity contribution in [3.05, 3.63) is 108 Å². The summed E-state index contributed by atoms with van der Waals surface area (Å²) in [5.74, 6) is -1.55. The van der Waals surface area contributed by atoms with Gasteiger partial charge in [0.1, 0.15) is 18.1 Å². The number of benzene rings is 4. The number of nitrogens with zero attached hydrogens (tertiary/aromatic N) is 6. The van der Waals surface area contributed by atoms with Crippen molar-refractivity contribution in [3.63, 3.8) is 0 Å². The average molecular weight is 577 g/mol. The standard InChI is InChI=1S/C32H25FN6O4/c1-43-23-14-12-20(13-15-23)27-17-26(25-11-4-7-19-6-2-3-10-24(19)25)35-39(27)28(40)18-37-30-29(34-36-37)31(41)38(32(30)42)22-9-5-8-21(33)16-22/h2-16,27,29-30H,17-18H2,1H3/t27-,29+,30+/m1/s1. The Balaban J connectivity index is 1.19. The van der Waals surface area contributed by atoms with Crippen molar-refractivity contribution >= 4 is 39.9 Å². The Morgan fingerprint density at radius 3 is 2.51 bits per heavy atom. The van der Waals surface area contributed by atoms with Gasteiger partial charge in [-0.25, -0.2) is 14.3 Å². The van der Waals surface area contributed by atoms with Crippen LogP contribution in [0.25, 0.3) is 10.8 Å². The molecule has 1 saturated heterocycles. The van der Waals surface area contributed by atoms with Crippen LogP contribution >= 0.6 is 0 Å². The number of anilines is 1. The molecule has 0 bridgehead atoms. The van der Waals surface area contributed by atoms with Gasteiger partial charge in [-0.3, -0.25) is 19.4 Å². The van der Waals surface area contributed by atoms with E-state index in [1.54, 1.807) is 7.11 Å². The highest BCUT2D eigenvalue weighted by molar-refractivity contribution is 6.25. The molecule has 4 aromatic carbocycles. The highest BCUT2D eigenvalue weighted by Crippen LogP contribution is 2.37. The number of rotatable bonds is 6. The van der Waals surface area contributed by atoms with Crippen molar-refractivity contribution in [1.29, 1.82) is 0 Å². The van der Waals surface area contributed by atoms with Crippen LogP contribution in [-0.2, 0) is 14.4 Å². The molecule has 43 heavy (non-hydrogen) atoms. The molecule has 0 aromatic heterocycles. The minimum absolute atomic E-state index is 0.106. The van der Waals surface area contributed by atoms with Gasteiger partial charge in [-0.1, -0.05) is 65.9 Å². The van der Waals surface area contributed by atoms with Crippen molar-refractivity contribution < 1.29 is 23.5 Å². The van der Waals surface area contributed by atoms with Crippen LogP contribution in [0, 0.1) is 5.82 Å². The van der Waals surface area contributed by atoms with Crippen LogP contribution in [0.15, 0.2) is 106 Å². The van der Waals surface area contributed by atoms with Gasteiger partial charge in [-0.05, 0) is 46.7 Å². The van der Waals surface area contributed by atoms with Crippen molar-refractivity contribution in [3.8, 4) is 5.75 Å². The number of hydrogen-bond donors (Lipinski definition) is 0. The van der Waals surface area contributed by atoms with E-state index in [1.165, 1.54) is 28.2 Å². The SMILES string of the molecule is COc1ccc([C@H]2CC(c3cccc4ccccc34)=NN2C(=O)CN2N=N[C@@H]3C(=O)N(c4cccc(F)c4)C(=O)[C@H]32)cc1. The number of imide groups is 1. The van der Waals surface area contributed by atoms with E-state index in [1.807, 2.05) is 66.7 Å². The summed E-state index contributed by atoms with van der Waals surface area (Å²) in [6.45, 7) is -0.334. The van der Waals surface area contributed by atoms with Crippen LogP contribution in [0.3, 0.4) is 0 Å². The molecule has 10 nitrogen and oxygen atoms in total. The fourth-order valence-electron chi connectivity index (χ4n) is 5.90. The summed E-state index contributed by atoms with van der Waals surface area (Å²) < 4.78 is 19.2. The van der Waals surface area contributed by atoms with Crippen LogP contribution < -0.4 is 9.64 Å². The van der Waals surface area contributed by atoms with Gasteiger partial charge < -0.3 is 4.74 Å². The molecule has 0 saturated carbocycles. The Labute approximate surface area is 245 Å². The van der Waals surface area contributed by atoms with E-state index in [4.69, 9.17) is 9.84 Å². The minimum atomic E-state index is -1.12. The van der Waals surface area contributed by atoms with Crippen LogP contribution in [0.4, 0.5) is 10.1 Å². The highest BCUT2D eigenvalue weighted by Gasteiger charge is 2.55. The lowest BCUT2D eigenvalue weighted by atomic mass is 9.95. The molecule has 0 N–H and O–H groups in total. The van der Waals surface area contributed by atoms with Gasteiger partial charge in [-0.2, -0.15) is 10.2 Å². The van der Waals surface area contributed by atoms with E-state index in [0.29, 0.717) is 12.2 Å². The summed E-state index contributed by atoms with van der Waals surface area (Å²) in [7, 11) is 1.59. The summed E-state index contributed by atoms with van der Waals surface area (Å²) in [5, 5.41) is 17.6. The topological polar surface area (TPSA) is 107 Å². The van der Waals surface area contributed by atoms with Crippen molar-refractivity contribution in [2.24, 2.45) is 15.4 Å². The maximum absolute atomic E-state index is 13.9. The molecule has 0 aliphatic carbocycles. The molecule has 214 valence electrons. The normalized spacial score (nSPS) is 21.1. The maximum atomic E-state index is 13.9. The molecule has 3 heterocycles. The quantitative estimate of drug-likeness (QED) is 0.311. The number of amides is 3. The average Bonchev–Trinajstić information content (AvgIpc) is 3.72. The summed E-state index contributed by atoms with van der Waals surface area (Å²) in [6.07, 6.45) is 0.463. The summed E-state index contributed by atoms with van der Waals surface area (Å²) >= 11 is 0. The first kappa shape index (κ1) is 26.4. The molecule has 3 atom stereocenters. The number of carbonyl (C=O) groups excluding carboxylic acids is 3. The number of halogens is 1. The van der Waals surface area contributed by atoms with Gasteiger partial charge in [0.05, 0.1) is 24.6 Å². The second-order valence-electron chi connectivity index (χ2n) is 10.5. The predicted molar refractivity (Wildman–Crippen MR) is 156 cm³/mol. The van der Waals surface area contributed by atoms with Gasteiger partial charge in [0.25, 0.3) is 17.7 Å². The van der Waals surface area contributed by atoms with Crippen molar-refractivity contribution in [2.75, 3.05) is 18.6 Å². The molecular weight excluding hydrogens is 551 g/mol. The van der Waals surface area contributed by atoms with Gasteiger partial charge in [0.2, 0.25) is 0 Å². The zero-order chi connectivity index (χ0) is 29.7. The third kappa shape index (κ3) is 4.49. The first-order valence-electron chi connectivity index (χ1n) is 13.8. The molecule has 4 aromatic rings. The largest absolute Gasteiger partial charge is 0.497 e. The fraction of sp³-hybridized carbons (Fsp3) is 0.188. The molecular formula is C32H25FN6O4. The zero-order valence-corrected chi connectivity index (χ0v) is 23.0. The third-order valence-corrected chi connectivity index (χ3v) is 7.99. The van der Waals surface area contributed by atoms with Gasteiger partial charge in [-0.15, -0.1) is 0 Å². The number of hydrogen-bond acceptors (Lipinski definition) is 8. The lowest BCUT2D eigenvalue weighted by molar-refractivity contribution is -0.135. The van der Waals surface area contributed by atoms with Gasteiger partial charge >= 0.3 is 0 Å². The van der Waals surface area contributed by atoms with Crippen LogP contribution in [0.1, 0.15) is 23.6 Å². The number of hydrazone groups is 1. The number of fused-ring (bicyclic) bond motifs is 2.